The van der Waals surface area contributed by atoms with Crippen molar-refractivity contribution in [3.05, 3.63) is 0 Å². The third-order valence-corrected chi connectivity index (χ3v) is 1.51. The zero-order valence-electron chi connectivity index (χ0n) is 5.91. The highest BCUT2D eigenvalue weighted by Gasteiger charge is 2.16. The molecule has 2 nitrogen and oxygen atoms in total. The van der Waals surface area contributed by atoms with Gasteiger partial charge in [-0.1, -0.05) is 6.32 Å². The quantitative estimate of drug-likeness (QED) is 0.523. The average molecular weight is 128 g/mol. The lowest BCUT2D eigenvalue weighted by Gasteiger charge is -2.20. The predicted octanol–water partition coefficient (Wildman–Crippen LogP) is -0.0490. The van der Waals surface area contributed by atoms with Crippen molar-refractivity contribution >= 4 is 7.85 Å². The van der Waals surface area contributed by atoms with Gasteiger partial charge in [-0.25, -0.2) is 0 Å². The molecule has 2 N–H and O–H groups in total. The summed E-state index contributed by atoms with van der Waals surface area (Å²) in [5.41, 5.74) is 0. The van der Waals surface area contributed by atoms with E-state index in [1.807, 2.05) is 0 Å². The van der Waals surface area contributed by atoms with Crippen LogP contribution in [0.25, 0.3) is 0 Å². The van der Waals surface area contributed by atoms with Crippen molar-refractivity contribution in [1.82, 2.24) is 0 Å². The Morgan fingerprint density at radius 2 is 1.56 bits per heavy atom. The lowest BCUT2D eigenvalue weighted by molar-refractivity contribution is 0.0425. The molecule has 2 unspecified atom stereocenters. The van der Waals surface area contributed by atoms with Crippen LogP contribution in [0, 0.1) is 5.92 Å². The normalized spacial score (nSPS) is 20.9. The largest absolute Gasteiger partial charge is 0.393 e. The minimum Gasteiger partial charge on any atom is -0.393 e. The molecular weight excluding hydrogens is 115 g/mol. The Bertz CT molecular complexity index is 65.5. The van der Waals surface area contributed by atoms with Gasteiger partial charge in [0.05, 0.1) is 20.1 Å². The molecule has 0 spiro atoms. The molecule has 0 aromatic rings. The Hall–Kier alpha value is -0.0151. The van der Waals surface area contributed by atoms with Gasteiger partial charge in [-0.3, -0.25) is 0 Å². The first-order valence-corrected chi connectivity index (χ1v) is 3.15. The number of rotatable bonds is 3. The molecule has 0 aromatic heterocycles. The first kappa shape index (κ1) is 8.98. The Kier molecular flexibility index (Phi) is 3.90. The van der Waals surface area contributed by atoms with Crippen molar-refractivity contribution in [3.8, 4) is 0 Å². The van der Waals surface area contributed by atoms with E-state index >= 15 is 0 Å². The lowest BCUT2D eigenvalue weighted by atomic mass is 9.84. The van der Waals surface area contributed by atoms with Crippen LogP contribution in [-0.4, -0.2) is 30.3 Å². The van der Waals surface area contributed by atoms with Gasteiger partial charge in [0.15, 0.2) is 0 Å². The average Bonchev–Trinajstić information content (AvgIpc) is 1.64. The van der Waals surface area contributed by atoms with E-state index in [1.54, 1.807) is 13.8 Å². The van der Waals surface area contributed by atoms with E-state index < -0.39 is 12.2 Å². The standard InChI is InChI=1S/C6H13BO2/c1-4(8)6(3-7)5(2)9/h4-6,8-9H,3H2,1-2H3. The van der Waals surface area contributed by atoms with Crippen LogP contribution in [0.2, 0.25) is 6.32 Å². The Morgan fingerprint density at radius 1 is 1.22 bits per heavy atom. The Balaban J connectivity index is 3.68. The molecule has 0 bridgehead atoms. The molecule has 3 heteroatoms. The summed E-state index contributed by atoms with van der Waals surface area (Å²) in [5, 5.41) is 17.9. The summed E-state index contributed by atoms with van der Waals surface area (Å²) in [7, 11) is 5.25. The zero-order chi connectivity index (χ0) is 7.44. The molecule has 0 aliphatic carbocycles. The fraction of sp³-hybridized carbons (Fsp3) is 1.00. The van der Waals surface area contributed by atoms with Crippen molar-refractivity contribution in [1.29, 1.82) is 0 Å². The van der Waals surface area contributed by atoms with E-state index in [0.717, 1.165) is 0 Å². The molecule has 0 heterocycles. The molecule has 0 aromatic carbocycles. The minimum absolute atomic E-state index is 0.190. The maximum atomic E-state index is 8.94. The highest BCUT2D eigenvalue weighted by atomic mass is 16.3. The molecule has 0 aliphatic rings. The maximum absolute atomic E-state index is 8.94. The SMILES string of the molecule is [B]CC(C(C)O)C(C)O. The summed E-state index contributed by atoms with van der Waals surface area (Å²) in [4.78, 5) is 0. The summed E-state index contributed by atoms with van der Waals surface area (Å²) >= 11 is 0. The highest BCUT2D eigenvalue weighted by molar-refractivity contribution is 6.08. The second-order valence-electron chi connectivity index (χ2n) is 2.38. The van der Waals surface area contributed by atoms with Crippen LogP contribution in [-0.2, 0) is 0 Å². The summed E-state index contributed by atoms with van der Waals surface area (Å²) in [6, 6.07) is 0. The van der Waals surface area contributed by atoms with Crippen LogP contribution in [0.15, 0.2) is 0 Å². The highest BCUT2D eigenvalue weighted by Crippen LogP contribution is 2.11. The summed E-state index contributed by atoms with van der Waals surface area (Å²) < 4.78 is 0. The molecule has 0 saturated carbocycles. The van der Waals surface area contributed by atoms with Crippen LogP contribution in [0.5, 0.6) is 0 Å². The predicted molar refractivity (Wildman–Crippen MR) is 37.4 cm³/mol. The van der Waals surface area contributed by atoms with Crippen LogP contribution in [0.4, 0.5) is 0 Å². The molecule has 0 fully saturated rings. The fourth-order valence-corrected chi connectivity index (χ4v) is 0.797. The van der Waals surface area contributed by atoms with Gasteiger partial charge in [0, 0.05) is 5.92 Å². The third-order valence-electron chi connectivity index (χ3n) is 1.51. The molecule has 2 atom stereocenters. The number of aliphatic hydroxyl groups excluding tert-OH is 2. The van der Waals surface area contributed by atoms with Gasteiger partial charge in [0.25, 0.3) is 0 Å². The third kappa shape index (κ3) is 2.87. The van der Waals surface area contributed by atoms with E-state index in [1.165, 1.54) is 0 Å². The maximum Gasteiger partial charge on any atom is 0.0659 e. The van der Waals surface area contributed by atoms with Gasteiger partial charge >= 0.3 is 0 Å². The van der Waals surface area contributed by atoms with Crippen LogP contribution in [0.1, 0.15) is 13.8 Å². The van der Waals surface area contributed by atoms with Crippen molar-refractivity contribution in [2.45, 2.75) is 32.4 Å². The minimum atomic E-state index is -0.519. The first-order valence-electron chi connectivity index (χ1n) is 3.15. The molecule has 0 rings (SSSR count). The van der Waals surface area contributed by atoms with Gasteiger partial charge in [-0.15, -0.1) is 0 Å². The van der Waals surface area contributed by atoms with Crippen LogP contribution >= 0.6 is 0 Å². The van der Waals surface area contributed by atoms with E-state index in [2.05, 4.69) is 0 Å². The molecule has 2 radical (unpaired) electrons. The van der Waals surface area contributed by atoms with Crippen molar-refractivity contribution in [2.75, 3.05) is 0 Å². The Morgan fingerprint density at radius 3 is 1.56 bits per heavy atom. The summed E-state index contributed by atoms with van der Waals surface area (Å²) in [6.45, 7) is 3.26. The number of hydrogen-bond acceptors (Lipinski definition) is 2. The van der Waals surface area contributed by atoms with E-state index in [-0.39, 0.29) is 5.92 Å². The van der Waals surface area contributed by atoms with Crippen LogP contribution < -0.4 is 0 Å². The van der Waals surface area contributed by atoms with E-state index in [4.69, 9.17) is 18.1 Å². The van der Waals surface area contributed by atoms with Gasteiger partial charge in [-0.2, -0.15) is 0 Å². The van der Waals surface area contributed by atoms with Crippen molar-refractivity contribution in [3.63, 3.8) is 0 Å². The topological polar surface area (TPSA) is 40.5 Å². The zero-order valence-corrected chi connectivity index (χ0v) is 5.91. The number of aliphatic hydroxyl groups is 2. The summed E-state index contributed by atoms with van der Waals surface area (Å²) in [5.74, 6) is -0.190. The second-order valence-corrected chi connectivity index (χ2v) is 2.38. The van der Waals surface area contributed by atoms with E-state index in [9.17, 15) is 0 Å². The molecule has 0 saturated heterocycles. The molecule has 52 valence electrons. The number of hydrogen-bond donors (Lipinski definition) is 2. The molecule has 0 aliphatic heterocycles. The fourth-order valence-electron chi connectivity index (χ4n) is 0.797. The monoisotopic (exact) mass is 128 g/mol. The molecule has 0 amide bonds. The van der Waals surface area contributed by atoms with Crippen molar-refractivity contribution < 1.29 is 10.2 Å². The first-order chi connectivity index (χ1) is 4.09. The molecule has 9 heavy (non-hydrogen) atoms. The smallest absolute Gasteiger partial charge is 0.0659 e. The Labute approximate surface area is 57.3 Å². The summed E-state index contributed by atoms with van der Waals surface area (Å²) in [6.07, 6.45) is -0.708. The van der Waals surface area contributed by atoms with Gasteiger partial charge in [-0.05, 0) is 13.8 Å². The molecular formula is C6H13BO2. The van der Waals surface area contributed by atoms with Gasteiger partial charge < -0.3 is 10.2 Å². The van der Waals surface area contributed by atoms with Crippen molar-refractivity contribution in [2.24, 2.45) is 5.92 Å². The van der Waals surface area contributed by atoms with Gasteiger partial charge in [0.2, 0.25) is 0 Å². The van der Waals surface area contributed by atoms with Gasteiger partial charge in [0.1, 0.15) is 0 Å². The van der Waals surface area contributed by atoms with Crippen LogP contribution in [0.3, 0.4) is 0 Å². The lowest BCUT2D eigenvalue weighted by Crippen LogP contribution is -2.27. The second kappa shape index (κ2) is 3.91. The van der Waals surface area contributed by atoms with E-state index in [0.29, 0.717) is 6.32 Å².